The smallest absolute Gasteiger partial charge is 0.222 e. The molecule has 1 amide bonds. The molecule has 17 heavy (non-hydrogen) atoms. The van der Waals surface area contributed by atoms with E-state index in [0.29, 0.717) is 19.5 Å². The maximum atomic E-state index is 12.0. The summed E-state index contributed by atoms with van der Waals surface area (Å²) in [5, 5.41) is 12.8. The number of rotatable bonds is 4. The Hall–Kier alpha value is -0.650. The molecule has 2 aliphatic rings. The summed E-state index contributed by atoms with van der Waals surface area (Å²) in [6, 6.07) is -0.0769. The normalized spacial score (nSPS) is 32.9. The Morgan fingerprint density at radius 2 is 2.35 bits per heavy atom. The molecule has 2 heterocycles. The number of hydrogen-bond acceptors (Lipinski definition) is 4. The minimum atomic E-state index is -0.438. The fourth-order valence-electron chi connectivity index (χ4n) is 2.56. The summed E-state index contributed by atoms with van der Waals surface area (Å²) in [7, 11) is 1.78. The number of hydrogen-bond donors (Lipinski definition) is 2. The minimum absolute atomic E-state index is 0.0769. The fraction of sp³-hybridized carbons (Fsp3) is 0.917. The van der Waals surface area contributed by atoms with Crippen molar-refractivity contribution in [2.24, 2.45) is 0 Å². The van der Waals surface area contributed by atoms with Gasteiger partial charge in [0.15, 0.2) is 0 Å². The third-order valence-corrected chi connectivity index (χ3v) is 3.75. The molecule has 0 spiro atoms. The number of carbonyl (C=O) groups excluding carboxylic acids is 1. The maximum absolute atomic E-state index is 12.0. The summed E-state index contributed by atoms with van der Waals surface area (Å²) < 4.78 is 5.50. The van der Waals surface area contributed by atoms with E-state index in [9.17, 15) is 9.90 Å². The molecular weight excluding hydrogens is 220 g/mol. The number of amides is 1. The van der Waals surface area contributed by atoms with E-state index in [-0.39, 0.29) is 18.1 Å². The van der Waals surface area contributed by atoms with Gasteiger partial charge in [0.1, 0.15) is 0 Å². The molecular formula is C12H22N2O3. The lowest BCUT2D eigenvalue weighted by molar-refractivity contribution is -0.133. The van der Waals surface area contributed by atoms with Crippen molar-refractivity contribution in [2.75, 3.05) is 26.7 Å². The Morgan fingerprint density at radius 3 is 2.94 bits per heavy atom. The van der Waals surface area contributed by atoms with E-state index in [1.165, 1.54) is 0 Å². The summed E-state index contributed by atoms with van der Waals surface area (Å²) in [5.41, 5.74) is 0. The fourth-order valence-corrected chi connectivity index (χ4v) is 2.56. The standard InChI is InChI=1S/C12H22N2O3/c1-14(10-7-13-8-11(10)15)12(16)5-4-9-3-2-6-17-9/h9-11,13,15H,2-8H2,1H3/t9?,10-,11-/m1/s1. The molecule has 2 saturated heterocycles. The van der Waals surface area contributed by atoms with Crippen molar-refractivity contribution in [3.8, 4) is 0 Å². The van der Waals surface area contributed by atoms with Gasteiger partial charge in [-0.25, -0.2) is 0 Å². The van der Waals surface area contributed by atoms with Crippen molar-refractivity contribution < 1.29 is 14.6 Å². The Bertz CT molecular complexity index is 266. The van der Waals surface area contributed by atoms with Gasteiger partial charge in [0.25, 0.3) is 0 Å². The first-order chi connectivity index (χ1) is 8.18. The van der Waals surface area contributed by atoms with Crippen LogP contribution in [0.5, 0.6) is 0 Å². The van der Waals surface area contributed by atoms with Crippen molar-refractivity contribution in [3.05, 3.63) is 0 Å². The third kappa shape index (κ3) is 3.18. The van der Waals surface area contributed by atoms with Gasteiger partial charge in [-0.15, -0.1) is 0 Å². The highest BCUT2D eigenvalue weighted by molar-refractivity contribution is 5.76. The zero-order valence-corrected chi connectivity index (χ0v) is 10.4. The number of nitrogens with zero attached hydrogens (tertiary/aromatic N) is 1. The highest BCUT2D eigenvalue weighted by Crippen LogP contribution is 2.18. The van der Waals surface area contributed by atoms with Gasteiger partial charge in [-0.05, 0) is 19.3 Å². The van der Waals surface area contributed by atoms with Crippen molar-refractivity contribution in [1.29, 1.82) is 0 Å². The summed E-state index contributed by atoms with van der Waals surface area (Å²) >= 11 is 0. The lowest BCUT2D eigenvalue weighted by atomic mass is 10.1. The van der Waals surface area contributed by atoms with Crippen LogP contribution in [0.25, 0.3) is 0 Å². The highest BCUT2D eigenvalue weighted by Gasteiger charge is 2.31. The quantitative estimate of drug-likeness (QED) is 0.713. The van der Waals surface area contributed by atoms with E-state index in [2.05, 4.69) is 5.32 Å². The largest absolute Gasteiger partial charge is 0.390 e. The second-order valence-corrected chi connectivity index (χ2v) is 4.97. The third-order valence-electron chi connectivity index (χ3n) is 3.75. The van der Waals surface area contributed by atoms with Crippen LogP contribution < -0.4 is 5.32 Å². The van der Waals surface area contributed by atoms with E-state index in [0.717, 1.165) is 25.9 Å². The molecule has 0 bridgehead atoms. The number of carbonyl (C=O) groups is 1. The molecule has 2 aliphatic heterocycles. The topological polar surface area (TPSA) is 61.8 Å². The van der Waals surface area contributed by atoms with Crippen molar-refractivity contribution >= 4 is 5.91 Å². The first-order valence-electron chi connectivity index (χ1n) is 6.44. The molecule has 0 aliphatic carbocycles. The van der Waals surface area contributed by atoms with Crippen molar-refractivity contribution in [3.63, 3.8) is 0 Å². The SMILES string of the molecule is CN(C(=O)CCC1CCCO1)[C@@H]1CNC[C@H]1O. The number of aliphatic hydroxyl groups is 1. The molecule has 2 rings (SSSR count). The van der Waals surface area contributed by atoms with Crippen LogP contribution in [0, 0.1) is 0 Å². The molecule has 2 N–H and O–H groups in total. The summed E-state index contributed by atoms with van der Waals surface area (Å²) in [6.45, 7) is 2.09. The van der Waals surface area contributed by atoms with Gasteiger partial charge in [0, 0.05) is 33.2 Å². The average molecular weight is 242 g/mol. The van der Waals surface area contributed by atoms with Crippen LogP contribution in [0.4, 0.5) is 0 Å². The molecule has 1 unspecified atom stereocenters. The van der Waals surface area contributed by atoms with Gasteiger partial charge in [-0.3, -0.25) is 4.79 Å². The molecule has 0 aromatic carbocycles. The number of ether oxygens (including phenoxy) is 1. The number of aliphatic hydroxyl groups excluding tert-OH is 1. The van der Waals surface area contributed by atoms with Gasteiger partial charge >= 0.3 is 0 Å². The van der Waals surface area contributed by atoms with E-state index < -0.39 is 6.10 Å². The lowest BCUT2D eigenvalue weighted by Crippen LogP contribution is -2.44. The molecule has 0 radical (unpaired) electrons. The number of nitrogens with one attached hydrogen (secondary N) is 1. The Kier molecular flexibility index (Phi) is 4.36. The lowest BCUT2D eigenvalue weighted by Gasteiger charge is -2.26. The van der Waals surface area contributed by atoms with Crippen molar-refractivity contribution in [2.45, 2.75) is 43.9 Å². The minimum Gasteiger partial charge on any atom is -0.390 e. The zero-order chi connectivity index (χ0) is 12.3. The van der Waals surface area contributed by atoms with Crippen LogP contribution in [0.2, 0.25) is 0 Å². The van der Waals surface area contributed by atoms with Gasteiger partial charge in [-0.1, -0.05) is 0 Å². The predicted molar refractivity (Wildman–Crippen MR) is 63.6 cm³/mol. The molecule has 98 valence electrons. The molecule has 0 aromatic heterocycles. The molecule has 3 atom stereocenters. The first-order valence-corrected chi connectivity index (χ1v) is 6.44. The number of β-amino-alcohol motifs (C(OH)–C–C–N with tert-alkyl or cyclic N) is 1. The van der Waals surface area contributed by atoms with Gasteiger partial charge < -0.3 is 20.1 Å². The maximum Gasteiger partial charge on any atom is 0.222 e. The van der Waals surface area contributed by atoms with Gasteiger partial charge in [-0.2, -0.15) is 0 Å². The second kappa shape index (κ2) is 5.80. The van der Waals surface area contributed by atoms with E-state index in [4.69, 9.17) is 4.74 Å². The zero-order valence-electron chi connectivity index (χ0n) is 10.4. The van der Waals surface area contributed by atoms with Crippen LogP contribution in [0.3, 0.4) is 0 Å². The summed E-state index contributed by atoms with van der Waals surface area (Å²) in [6.07, 6.45) is 3.33. The Morgan fingerprint density at radius 1 is 1.53 bits per heavy atom. The summed E-state index contributed by atoms with van der Waals surface area (Å²) in [4.78, 5) is 13.6. The predicted octanol–water partition coefficient (Wildman–Crippen LogP) is -0.263. The average Bonchev–Trinajstić information content (AvgIpc) is 2.95. The summed E-state index contributed by atoms with van der Waals surface area (Å²) in [5.74, 6) is 0.105. The van der Waals surface area contributed by atoms with Gasteiger partial charge in [0.05, 0.1) is 18.2 Å². The molecule has 2 fully saturated rings. The highest BCUT2D eigenvalue weighted by atomic mass is 16.5. The molecule has 0 saturated carbocycles. The van der Waals surface area contributed by atoms with Crippen molar-refractivity contribution in [1.82, 2.24) is 10.2 Å². The first kappa shape index (κ1) is 12.8. The van der Waals surface area contributed by atoms with Gasteiger partial charge in [0.2, 0.25) is 5.91 Å². The van der Waals surface area contributed by atoms with Crippen LogP contribution in [0.15, 0.2) is 0 Å². The Labute approximate surface area is 102 Å². The van der Waals surface area contributed by atoms with Crippen LogP contribution >= 0.6 is 0 Å². The Balaban J connectivity index is 1.74. The van der Waals surface area contributed by atoms with E-state index in [1.54, 1.807) is 11.9 Å². The molecule has 5 heteroatoms. The van der Waals surface area contributed by atoms with Crippen LogP contribution in [-0.2, 0) is 9.53 Å². The molecule has 0 aromatic rings. The van der Waals surface area contributed by atoms with Crippen LogP contribution in [-0.4, -0.2) is 60.9 Å². The van der Waals surface area contributed by atoms with Crippen LogP contribution in [0.1, 0.15) is 25.7 Å². The molecule has 5 nitrogen and oxygen atoms in total. The number of likely N-dealkylation sites (N-methyl/N-ethyl adjacent to an activating group) is 1. The van der Waals surface area contributed by atoms with E-state index in [1.807, 2.05) is 0 Å². The monoisotopic (exact) mass is 242 g/mol. The second-order valence-electron chi connectivity index (χ2n) is 4.97. The van der Waals surface area contributed by atoms with E-state index >= 15 is 0 Å².